The molecule has 0 aliphatic rings. The number of benzene rings is 3. The van der Waals surface area contributed by atoms with Gasteiger partial charge in [-0.15, -0.1) is 16.4 Å². The van der Waals surface area contributed by atoms with E-state index in [1.807, 2.05) is 53.9 Å². The fourth-order valence-corrected chi connectivity index (χ4v) is 4.13. The Labute approximate surface area is 195 Å². The third-order valence-electron chi connectivity index (χ3n) is 4.83. The van der Waals surface area contributed by atoms with E-state index >= 15 is 0 Å². The summed E-state index contributed by atoms with van der Waals surface area (Å²) < 4.78 is 16.3. The number of fused-ring (bicyclic) bond motifs is 1. The number of anilines is 1. The smallest absolute Gasteiger partial charge is 0.203 e. The second kappa shape index (κ2) is 8.97. The van der Waals surface area contributed by atoms with Crippen molar-refractivity contribution in [1.82, 2.24) is 20.0 Å². The fourth-order valence-electron chi connectivity index (χ4n) is 3.20. The van der Waals surface area contributed by atoms with Crippen molar-refractivity contribution in [1.29, 1.82) is 0 Å². The van der Waals surface area contributed by atoms with Crippen LogP contribution in [0.5, 0.6) is 0 Å². The van der Waals surface area contributed by atoms with Gasteiger partial charge in [-0.05, 0) is 42.0 Å². The Morgan fingerprint density at radius 1 is 1.03 bits per heavy atom. The molecule has 6 nitrogen and oxygen atoms in total. The summed E-state index contributed by atoms with van der Waals surface area (Å²) in [5.74, 6) is -0.300. The Morgan fingerprint density at radius 2 is 1.81 bits per heavy atom. The van der Waals surface area contributed by atoms with Crippen LogP contribution in [0.15, 0.2) is 87.8 Å². The van der Waals surface area contributed by atoms with E-state index in [0.29, 0.717) is 17.4 Å². The first-order chi connectivity index (χ1) is 15.7. The summed E-state index contributed by atoms with van der Waals surface area (Å²) in [6, 6.07) is 21.9. The zero-order valence-corrected chi connectivity index (χ0v) is 19.0. The van der Waals surface area contributed by atoms with E-state index in [1.54, 1.807) is 16.8 Å². The fraction of sp³-hybridized carbons (Fsp3) is 0.0435. The Hall–Kier alpha value is -3.43. The predicted molar refractivity (Wildman–Crippen MR) is 129 cm³/mol. The molecule has 0 radical (unpaired) electrons. The van der Waals surface area contributed by atoms with Crippen molar-refractivity contribution >= 4 is 49.1 Å². The van der Waals surface area contributed by atoms with E-state index in [9.17, 15) is 4.39 Å². The van der Waals surface area contributed by atoms with Crippen LogP contribution < -0.4 is 5.43 Å². The minimum absolute atomic E-state index is 0.300. The Bertz CT molecular complexity index is 1390. The Balaban J connectivity index is 1.44. The van der Waals surface area contributed by atoms with E-state index in [4.69, 9.17) is 0 Å². The molecule has 0 aliphatic carbocycles. The maximum Gasteiger partial charge on any atom is 0.203 e. The van der Waals surface area contributed by atoms with Crippen molar-refractivity contribution < 1.29 is 4.39 Å². The zero-order chi connectivity index (χ0) is 21.9. The summed E-state index contributed by atoms with van der Waals surface area (Å²) in [7, 11) is 0. The normalized spacial score (nSPS) is 11.8. The van der Waals surface area contributed by atoms with Crippen molar-refractivity contribution in [2.24, 2.45) is 5.10 Å². The van der Waals surface area contributed by atoms with Gasteiger partial charge in [0, 0.05) is 15.4 Å². The second-order valence-electron chi connectivity index (χ2n) is 6.96. The molecule has 9 heteroatoms. The molecule has 0 unspecified atom stereocenters. The van der Waals surface area contributed by atoms with E-state index < -0.39 is 0 Å². The van der Waals surface area contributed by atoms with Crippen LogP contribution in [0.3, 0.4) is 0 Å². The highest BCUT2D eigenvalue weighted by Gasteiger charge is 2.11. The van der Waals surface area contributed by atoms with E-state index in [-0.39, 0.29) is 5.82 Å². The molecule has 0 spiro atoms. The van der Waals surface area contributed by atoms with Gasteiger partial charge in [0.15, 0.2) is 0 Å². The summed E-state index contributed by atoms with van der Waals surface area (Å²) in [5.41, 5.74) is 8.10. The summed E-state index contributed by atoms with van der Waals surface area (Å²) in [6.45, 7) is 0.365. The standard InChI is InChI=1S/C23H16BrFN6S/c24-17-9-5-16(6-10-17)21-14-32-23(26-21)29-27-20(15-7-11-18(25)12-8-15)13-31-22-4-2-1-3-19(22)28-30-31/h1-12,14H,13H2,(H,26,29)/b27-20-. The maximum absolute atomic E-state index is 13.5. The molecule has 0 fully saturated rings. The monoisotopic (exact) mass is 506 g/mol. The zero-order valence-electron chi connectivity index (χ0n) is 16.6. The van der Waals surface area contributed by atoms with Crippen LogP contribution in [0.4, 0.5) is 9.52 Å². The molecule has 0 saturated carbocycles. The van der Waals surface area contributed by atoms with Crippen LogP contribution in [0.25, 0.3) is 22.3 Å². The molecule has 1 N–H and O–H groups in total. The van der Waals surface area contributed by atoms with Gasteiger partial charge in [-0.2, -0.15) is 5.10 Å². The number of para-hydroxylation sites is 1. The second-order valence-corrected chi connectivity index (χ2v) is 8.73. The average Bonchev–Trinajstić information content (AvgIpc) is 3.45. The molecule has 0 bridgehead atoms. The number of nitrogens with zero attached hydrogens (tertiary/aromatic N) is 5. The molecule has 0 aliphatic heterocycles. The first kappa shape index (κ1) is 20.5. The van der Waals surface area contributed by atoms with Crippen LogP contribution in [0.1, 0.15) is 5.56 Å². The molecule has 3 aromatic carbocycles. The quantitative estimate of drug-likeness (QED) is 0.227. The van der Waals surface area contributed by atoms with Gasteiger partial charge in [0.25, 0.3) is 0 Å². The van der Waals surface area contributed by atoms with Crippen molar-refractivity contribution in [2.45, 2.75) is 6.54 Å². The summed E-state index contributed by atoms with van der Waals surface area (Å²) in [6.07, 6.45) is 0. The van der Waals surface area contributed by atoms with Gasteiger partial charge in [-0.1, -0.05) is 57.5 Å². The number of rotatable bonds is 6. The molecule has 5 rings (SSSR count). The molecule has 158 valence electrons. The van der Waals surface area contributed by atoms with Gasteiger partial charge in [-0.25, -0.2) is 14.1 Å². The first-order valence-corrected chi connectivity index (χ1v) is 11.4. The number of hydrogen-bond acceptors (Lipinski definition) is 6. The molecule has 32 heavy (non-hydrogen) atoms. The Kier molecular flexibility index (Phi) is 5.74. The van der Waals surface area contributed by atoms with Crippen molar-refractivity contribution in [2.75, 3.05) is 5.43 Å². The highest BCUT2D eigenvalue weighted by Crippen LogP contribution is 2.26. The summed E-state index contributed by atoms with van der Waals surface area (Å²) in [5, 5.41) is 15.7. The highest BCUT2D eigenvalue weighted by molar-refractivity contribution is 9.10. The number of thiazole rings is 1. The van der Waals surface area contributed by atoms with Crippen LogP contribution in [-0.2, 0) is 6.54 Å². The number of hydrazone groups is 1. The van der Waals surface area contributed by atoms with E-state index in [2.05, 4.69) is 41.8 Å². The lowest BCUT2D eigenvalue weighted by Crippen LogP contribution is -2.15. The molecule has 5 aromatic rings. The van der Waals surface area contributed by atoms with Gasteiger partial charge in [0.2, 0.25) is 5.13 Å². The lowest BCUT2D eigenvalue weighted by atomic mass is 10.1. The summed E-state index contributed by atoms with van der Waals surface area (Å²) >= 11 is 4.91. The number of aromatic nitrogens is 4. The Morgan fingerprint density at radius 3 is 2.62 bits per heavy atom. The van der Waals surface area contributed by atoms with E-state index in [1.165, 1.54) is 23.5 Å². The molecular weight excluding hydrogens is 491 g/mol. The lowest BCUT2D eigenvalue weighted by Gasteiger charge is -2.08. The maximum atomic E-state index is 13.5. The minimum Gasteiger partial charge on any atom is -0.252 e. The van der Waals surface area contributed by atoms with Crippen LogP contribution in [0, 0.1) is 5.82 Å². The van der Waals surface area contributed by atoms with Gasteiger partial charge >= 0.3 is 0 Å². The third kappa shape index (κ3) is 4.44. The number of hydrogen-bond donors (Lipinski definition) is 1. The number of halogens is 2. The van der Waals surface area contributed by atoms with Crippen molar-refractivity contribution in [3.8, 4) is 11.3 Å². The first-order valence-electron chi connectivity index (χ1n) is 9.74. The molecule has 0 atom stereocenters. The van der Waals surface area contributed by atoms with Crippen molar-refractivity contribution in [3.63, 3.8) is 0 Å². The molecule has 2 heterocycles. The summed E-state index contributed by atoms with van der Waals surface area (Å²) in [4.78, 5) is 4.63. The topological polar surface area (TPSA) is 68.0 Å². The largest absolute Gasteiger partial charge is 0.252 e. The molecule has 0 saturated heterocycles. The van der Waals surface area contributed by atoms with E-state index in [0.717, 1.165) is 32.3 Å². The van der Waals surface area contributed by atoms with Gasteiger partial charge < -0.3 is 0 Å². The van der Waals surface area contributed by atoms with Crippen LogP contribution >= 0.6 is 27.3 Å². The number of nitrogens with one attached hydrogen (secondary N) is 1. The highest BCUT2D eigenvalue weighted by atomic mass is 79.9. The SMILES string of the molecule is Fc1ccc(/C(Cn2nnc3ccccc32)=N\Nc2nc(-c3ccc(Br)cc3)cs2)cc1. The van der Waals surface area contributed by atoms with Crippen molar-refractivity contribution in [3.05, 3.63) is 94.0 Å². The minimum atomic E-state index is -0.300. The van der Waals surface area contributed by atoms with Crippen LogP contribution in [-0.4, -0.2) is 25.7 Å². The predicted octanol–water partition coefficient (Wildman–Crippen LogP) is 5.97. The van der Waals surface area contributed by atoms with Gasteiger partial charge in [0.05, 0.1) is 23.5 Å². The van der Waals surface area contributed by atoms with Gasteiger partial charge in [0.1, 0.15) is 11.3 Å². The molecule has 0 amide bonds. The third-order valence-corrected chi connectivity index (χ3v) is 6.10. The average molecular weight is 507 g/mol. The van der Waals surface area contributed by atoms with Crippen LogP contribution in [0.2, 0.25) is 0 Å². The molecular formula is C23H16BrFN6S. The molecule has 2 aromatic heterocycles. The lowest BCUT2D eigenvalue weighted by molar-refractivity contribution is 0.627. The van der Waals surface area contributed by atoms with Gasteiger partial charge in [-0.3, -0.25) is 5.43 Å².